The Balaban J connectivity index is 2.76. The largest absolute Gasteiger partial charge is 0.366 e. The summed E-state index contributed by atoms with van der Waals surface area (Å²) in [7, 11) is 0. The molecule has 0 aromatic carbocycles. The van der Waals surface area contributed by atoms with Crippen LogP contribution >= 0.6 is 0 Å². The minimum atomic E-state index is -0.546. The van der Waals surface area contributed by atoms with Gasteiger partial charge in [-0.3, -0.25) is 4.79 Å². The van der Waals surface area contributed by atoms with Gasteiger partial charge in [-0.1, -0.05) is 0 Å². The number of nitriles is 1. The molecule has 3 unspecified atom stereocenters. The van der Waals surface area contributed by atoms with Crippen molar-refractivity contribution in [3.63, 3.8) is 0 Å². The molecular weight excluding hydrogens is 130 g/mol. The van der Waals surface area contributed by atoms with Crippen LogP contribution in [-0.4, -0.2) is 18.0 Å². The van der Waals surface area contributed by atoms with Gasteiger partial charge in [0.2, 0.25) is 0 Å². The van der Waals surface area contributed by atoms with Crippen LogP contribution in [-0.2, 0) is 9.53 Å². The summed E-state index contributed by atoms with van der Waals surface area (Å²) in [4.78, 5) is 11.0. The predicted molar refractivity (Wildman–Crippen MR) is 34.1 cm³/mol. The Labute approximate surface area is 59.6 Å². The zero-order chi connectivity index (χ0) is 7.72. The number of carbonyl (C=O) groups excluding carboxylic acids is 1. The van der Waals surface area contributed by atoms with Crippen molar-refractivity contribution in [2.45, 2.75) is 26.1 Å². The zero-order valence-corrected chi connectivity index (χ0v) is 6.00. The second kappa shape index (κ2) is 2.39. The van der Waals surface area contributed by atoms with Crippen LogP contribution in [0.15, 0.2) is 0 Å². The average Bonchev–Trinajstić information content (AvgIpc) is 2.09. The van der Waals surface area contributed by atoms with Crippen molar-refractivity contribution in [2.24, 2.45) is 5.92 Å². The van der Waals surface area contributed by atoms with Gasteiger partial charge in [-0.15, -0.1) is 0 Å². The van der Waals surface area contributed by atoms with Crippen molar-refractivity contribution in [3.8, 4) is 6.07 Å². The van der Waals surface area contributed by atoms with Crippen LogP contribution in [0.3, 0.4) is 0 Å². The molecule has 0 N–H and O–H groups in total. The third-order valence-corrected chi connectivity index (χ3v) is 1.73. The van der Waals surface area contributed by atoms with Crippen LogP contribution in [0.1, 0.15) is 13.8 Å². The van der Waals surface area contributed by atoms with Gasteiger partial charge in [0.25, 0.3) is 0 Å². The first-order chi connectivity index (χ1) is 4.66. The second-order valence-corrected chi connectivity index (χ2v) is 2.49. The lowest BCUT2D eigenvalue weighted by Crippen LogP contribution is -2.16. The molecule has 1 rings (SSSR count). The maximum absolute atomic E-state index is 11.0. The Morgan fingerprint density at radius 2 is 2.20 bits per heavy atom. The molecule has 54 valence electrons. The number of hydrogen-bond donors (Lipinski definition) is 0. The highest BCUT2D eigenvalue weighted by atomic mass is 16.5. The van der Waals surface area contributed by atoms with E-state index in [0.717, 1.165) is 0 Å². The van der Waals surface area contributed by atoms with Gasteiger partial charge in [-0.25, -0.2) is 0 Å². The number of Topliss-reactive ketones (excluding diaryl/α,β-unsaturated/α-hetero) is 1. The van der Waals surface area contributed by atoms with Crippen LogP contribution in [0.4, 0.5) is 0 Å². The second-order valence-electron chi connectivity index (χ2n) is 2.49. The summed E-state index contributed by atoms with van der Waals surface area (Å²) in [6, 6.07) is 1.92. The highest BCUT2D eigenvalue weighted by molar-refractivity contribution is 5.89. The standard InChI is InChI=1S/C7H9NO2/c1-4-6(3-8)7(9)5(2)10-4/h4-6H,1-2H3. The molecule has 0 aromatic rings. The van der Waals surface area contributed by atoms with Gasteiger partial charge in [-0.05, 0) is 13.8 Å². The number of ketones is 1. The van der Waals surface area contributed by atoms with Gasteiger partial charge in [-0.2, -0.15) is 5.26 Å². The van der Waals surface area contributed by atoms with E-state index >= 15 is 0 Å². The fourth-order valence-corrected chi connectivity index (χ4v) is 1.12. The molecule has 0 bridgehead atoms. The van der Waals surface area contributed by atoms with E-state index in [4.69, 9.17) is 10.00 Å². The van der Waals surface area contributed by atoms with E-state index in [0.29, 0.717) is 0 Å². The Kier molecular flexibility index (Phi) is 1.73. The Hall–Kier alpha value is -0.880. The summed E-state index contributed by atoms with van der Waals surface area (Å²) >= 11 is 0. The number of ether oxygens (including phenoxy) is 1. The van der Waals surface area contributed by atoms with Gasteiger partial charge in [0.05, 0.1) is 12.2 Å². The van der Waals surface area contributed by atoms with Crippen molar-refractivity contribution < 1.29 is 9.53 Å². The maximum atomic E-state index is 11.0. The molecule has 3 heteroatoms. The first-order valence-electron chi connectivity index (χ1n) is 3.25. The normalized spacial score (nSPS) is 39.7. The molecule has 1 aliphatic heterocycles. The molecule has 3 atom stereocenters. The van der Waals surface area contributed by atoms with Crippen molar-refractivity contribution >= 4 is 5.78 Å². The molecule has 0 aliphatic carbocycles. The summed E-state index contributed by atoms with van der Waals surface area (Å²) in [5.41, 5.74) is 0. The fourth-order valence-electron chi connectivity index (χ4n) is 1.12. The van der Waals surface area contributed by atoms with E-state index < -0.39 is 5.92 Å². The van der Waals surface area contributed by atoms with Crippen molar-refractivity contribution in [2.75, 3.05) is 0 Å². The summed E-state index contributed by atoms with van der Waals surface area (Å²) in [6.07, 6.45) is -0.618. The van der Waals surface area contributed by atoms with Crippen molar-refractivity contribution in [1.29, 1.82) is 5.26 Å². The zero-order valence-electron chi connectivity index (χ0n) is 6.00. The SMILES string of the molecule is CC1OC(C)C(C#N)C1=O. The first-order valence-corrected chi connectivity index (χ1v) is 3.25. The van der Waals surface area contributed by atoms with Crippen molar-refractivity contribution in [3.05, 3.63) is 0 Å². The summed E-state index contributed by atoms with van der Waals surface area (Å²) in [5, 5.41) is 8.47. The van der Waals surface area contributed by atoms with E-state index in [1.807, 2.05) is 6.07 Å². The van der Waals surface area contributed by atoms with Crippen LogP contribution < -0.4 is 0 Å². The van der Waals surface area contributed by atoms with Crippen LogP contribution in [0.25, 0.3) is 0 Å². The van der Waals surface area contributed by atoms with E-state index in [2.05, 4.69) is 0 Å². The minimum absolute atomic E-state index is 0.0880. The third kappa shape index (κ3) is 0.910. The number of carbonyl (C=O) groups is 1. The molecule has 1 saturated heterocycles. The molecule has 1 fully saturated rings. The van der Waals surface area contributed by atoms with Gasteiger partial charge >= 0.3 is 0 Å². The van der Waals surface area contributed by atoms with Gasteiger partial charge in [0.1, 0.15) is 12.0 Å². The Morgan fingerprint density at radius 3 is 2.40 bits per heavy atom. The monoisotopic (exact) mass is 139 g/mol. The van der Waals surface area contributed by atoms with Crippen LogP contribution in [0.2, 0.25) is 0 Å². The number of hydrogen-bond acceptors (Lipinski definition) is 3. The lowest BCUT2D eigenvalue weighted by molar-refractivity contribution is -0.122. The average molecular weight is 139 g/mol. The Bertz CT molecular complexity index is 194. The lowest BCUT2D eigenvalue weighted by atomic mass is 10.0. The summed E-state index contributed by atoms with van der Waals surface area (Å²) in [6.45, 7) is 3.42. The molecule has 0 spiro atoms. The smallest absolute Gasteiger partial charge is 0.180 e. The predicted octanol–water partition coefficient (Wildman–Crippen LogP) is 0.502. The van der Waals surface area contributed by atoms with E-state index in [1.165, 1.54) is 0 Å². The molecule has 1 aliphatic rings. The molecule has 0 saturated carbocycles. The highest BCUT2D eigenvalue weighted by Crippen LogP contribution is 2.21. The highest BCUT2D eigenvalue weighted by Gasteiger charge is 2.38. The molecule has 0 amide bonds. The molecule has 0 radical (unpaired) electrons. The molecule has 1 heterocycles. The Morgan fingerprint density at radius 1 is 1.60 bits per heavy atom. The van der Waals surface area contributed by atoms with Crippen LogP contribution in [0, 0.1) is 17.2 Å². The quantitative estimate of drug-likeness (QED) is 0.491. The van der Waals surface area contributed by atoms with E-state index in [9.17, 15) is 4.79 Å². The first kappa shape index (κ1) is 7.23. The molecule has 10 heavy (non-hydrogen) atoms. The summed E-state index contributed by atoms with van der Waals surface area (Å²) < 4.78 is 5.10. The summed E-state index contributed by atoms with van der Waals surface area (Å²) in [5.74, 6) is -0.634. The van der Waals surface area contributed by atoms with Crippen molar-refractivity contribution in [1.82, 2.24) is 0 Å². The van der Waals surface area contributed by atoms with Gasteiger partial charge in [0, 0.05) is 0 Å². The van der Waals surface area contributed by atoms with Gasteiger partial charge in [0.15, 0.2) is 5.78 Å². The third-order valence-electron chi connectivity index (χ3n) is 1.73. The molecule has 3 nitrogen and oxygen atoms in total. The minimum Gasteiger partial charge on any atom is -0.366 e. The maximum Gasteiger partial charge on any atom is 0.180 e. The van der Waals surface area contributed by atoms with Gasteiger partial charge < -0.3 is 4.74 Å². The topological polar surface area (TPSA) is 50.1 Å². The lowest BCUT2D eigenvalue weighted by Gasteiger charge is -2.01. The van der Waals surface area contributed by atoms with E-state index in [-0.39, 0.29) is 18.0 Å². The van der Waals surface area contributed by atoms with Crippen LogP contribution in [0.5, 0.6) is 0 Å². The number of nitrogens with zero attached hydrogens (tertiary/aromatic N) is 1. The number of rotatable bonds is 0. The molecular formula is C7H9NO2. The molecule has 0 aromatic heterocycles. The fraction of sp³-hybridized carbons (Fsp3) is 0.714. The van der Waals surface area contributed by atoms with E-state index in [1.54, 1.807) is 13.8 Å².